The maximum atomic E-state index is 14.2. The Morgan fingerprint density at radius 1 is 1.22 bits per heavy atom. The van der Waals surface area contributed by atoms with Crippen molar-refractivity contribution >= 4 is 46.0 Å². The number of carbonyl (C=O) groups is 1. The molecule has 1 aromatic rings. The van der Waals surface area contributed by atoms with Crippen LogP contribution in [0.5, 0.6) is 0 Å². The highest BCUT2D eigenvalue weighted by Crippen LogP contribution is 2.56. The van der Waals surface area contributed by atoms with Crippen molar-refractivity contribution in [2.75, 3.05) is 22.8 Å². The van der Waals surface area contributed by atoms with Crippen molar-refractivity contribution in [3.8, 4) is 0 Å². The van der Waals surface area contributed by atoms with Gasteiger partial charge >= 0.3 is 7.52 Å². The zero-order chi connectivity index (χ0) is 27.6. The van der Waals surface area contributed by atoms with Gasteiger partial charge in [0.2, 0.25) is 10.0 Å². The maximum absolute atomic E-state index is 14.2. The van der Waals surface area contributed by atoms with E-state index in [1.807, 2.05) is 20.8 Å². The molecule has 10 nitrogen and oxygen atoms in total. The Balaban J connectivity index is 1.78. The fourth-order valence-corrected chi connectivity index (χ4v) is 7.09. The van der Waals surface area contributed by atoms with Crippen molar-refractivity contribution in [1.29, 1.82) is 0 Å². The minimum absolute atomic E-state index is 0.00434. The van der Waals surface area contributed by atoms with Crippen LogP contribution in [-0.4, -0.2) is 55.1 Å². The molecule has 0 spiro atoms. The van der Waals surface area contributed by atoms with Crippen LogP contribution in [0.2, 0.25) is 0 Å². The van der Waals surface area contributed by atoms with Gasteiger partial charge in [-0.05, 0) is 48.3 Å². The number of hydrogen-bond acceptors (Lipinski definition) is 7. The number of amidine groups is 1. The van der Waals surface area contributed by atoms with Crippen molar-refractivity contribution in [2.45, 2.75) is 73.0 Å². The van der Waals surface area contributed by atoms with Crippen molar-refractivity contribution in [2.24, 2.45) is 15.6 Å². The highest BCUT2D eigenvalue weighted by Gasteiger charge is 2.49. The molecule has 2 aliphatic heterocycles. The summed E-state index contributed by atoms with van der Waals surface area (Å²) in [5.41, 5.74) is 0.0968. The first-order valence-electron chi connectivity index (χ1n) is 12.4. The average molecular weight is 553 g/mol. The van der Waals surface area contributed by atoms with E-state index in [0.29, 0.717) is 12.2 Å². The molecule has 0 saturated heterocycles. The second kappa shape index (κ2) is 9.13. The zero-order valence-corrected chi connectivity index (χ0v) is 24.2. The van der Waals surface area contributed by atoms with Crippen molar-refractivity contribution in [3.63, 3.8) is 0 Å². The molecule has 0 aromatic heterocycles. The summed E-state index contributed by atoms with van der Waals surface area (Å²) in [5, 5.41) is 14.6. The number of carbonyl (C=O) groups excluding carboxylic acids is 1. The lowest BCUT2D eigenvalue weighted by Gasteiger charge is -2.36. The number of nitrogens with zero attached hydrogens (tertiary/aromatic N) is 2. The third-order valence-electron chi connectivity index (χ3n) is 6.37. The van der Waals surface area contributed by atoms with Gasteiger partial charge in [-0.25, -0.2) is 8.42 Å². The predicted molar refractivity (Wildman–Crippen MR) is 146 cm³/mol. The molecule has 1 amide bonds. The van der Waals surface area contributed by atoms with Gasteiger partial charge in [-0.15, -0.1) is 0 Å². The highest BCUT2D eigenvalue weighted by atomic mass is 32.2. The molecule has 2 unspecified atom stereocenters. The maximum Gasteiger partial charge on any atom is 0.349 e. The van der Waals surface area contributed by atoms with Crippen LogP contribution in [0.4, 0.5) is 11.4 Å². The highest BCUT2D eigenvalue weighted by molar-refractivity contribution is 7.92. The number of amides is 1. The molecule has 204 valence electrons. The monoisotopic (exact) mass is 552 g/mol. The number of sulfonamides is 1. The lowest BCUT2D eigenvalue weighted by Crippen LogP contribution is -2.45. The Morgan fingerprint density at radius 3 is 2.41 bits per heavy atom. The van der Waals surface area contributed by atoms with Crippen LogP contribution in [-0.2, 0) is 23.9 Å². The van der Waals surface area contributed by atoms with Crippen molar-refractivity contribution < 1.29 is 27.4 Å². The van der Waals surface area contributed by atoms with Gasteiger partial charge in [0.1, 0.15) is 11.3 Å². The lowest BCUT2D eigenvalue weighted by atomic mass is 9.84. The van der Waals surface area contributed by atoms with Crippen LogP contribution in [0.3, 0.4) is 0 Å². The Kier molecular flexibility index (Phi) is 6.83. The van der Waals surface area contributed by atoms with Gasteiger partial charge < -0.3 is 19.8 Å². The SMILES string of the molecule is CC(C)(C)CCN1C(=O)C(C2=NP(=O)(OC3CC3)c3cc(NS(C)(=O)=O)ccc3N2)=C(O)C1C(C)(C)C. The van der Waals surface area contributed by atoms with Gasteiger partial charge in [0, 0.05) is 12.2 Å². The van der Waals surface area contributed by atoms with Crippen LogP contribution in [0.25, 0.3) is 0 Å². The lowest BCUT2D eigenvalue weighted by molar-refractivity contribution is -0.128. The normalized spacial score (nSPS) is 24.6. The Bertz CT molecular complexity index is 1340. The summed E-state index contributed by atoms with van der Waals surface area (Å²) in [6.45, 7) is 12.6. The smallest absolute Gasteiger partial charge is 0.349 e. The van der Waals surface area contributed by atoms with Crippen LogP contribution >= 0.6 is 7.52 Å². The van der Waals surface area contributed by atoms with E-state index < -0.39 is 29.0 Å². The molecule has 4 rings (SSSR count). The molecule has 0 radical (unpaired) electrons. The number of anilines is 2. The summed E-state index contributed by atoms with van der Waals surface area (Å²) < 4.78 is 50.3. The third-order valence-corrected chi connectivity index (χ3v) is 9.00. The predicted octanol–water partition coefficient (Wildman–Crippen LogP) is 4.38. The molecule has 3 N–H and O–H groups in total. The Morgan fingerprint density at radius 2 is 1.86 bits per heavy atom. The molecular weight excluding hydrogens is 515 g/mol. The third kappa shape index (κ3) is 6.04. The minimum atomic E-state index is -3.90. The summed E-state index contributed by atoms with van der Waals surface area (Å²) in [4.78, 5) is 15.4. The second-order valence-corrected chi connectivity index (χ2v) is 16.0. The van der Waals surface area contributed by atoms with E-state index in [9.17, 15) is 22.9 Å². The first-order valence-corrected chi connectivity index (χ1v) is 15.9. The van der Waals surface area contributed by atoms with Crippen LogP contribution < -0.4 is 15.3 Å². The molecule has 1 aliphatic carbocycles. The first-order chi connectivity index (χ1) is 16.9. The van der Waals surface area contributed by atoms with Gasteiger partial charge in [0.15, 0.2) is 5.84 Å². The number of aliphatic hydroxyl groups is 1. The van der Waals surface area contributed by atoms with E-state index in [2.05, 4.69) is 35.6 Å². The van der Waals surface area contributed by atoms with Gasteiger partial charge in [-0.1, -0.05) is 41.5 Å². The standard InChI is InChI=1S/C25H37N4O6PS/c1-24(2,3)12-13-29-21(25(4,5)6)20(30)19(23(29)31)22-26-17-11-8-15(28-37(7,33)34)14-18(17)36(32,27-22)35-16-9-10-16/h8,11,14,16,21,28,30H,9-10,12-13H2,1-7H3,(H,26,27,32). The van der Waals surface area contributed by atoms with Gasteiger partial charge in [0.25, 0.3) is 5.91 Å². The van der Waals surface area contributed by atoms with Gasteiger partial charge in [-0.3, -0.25) is 14.1 Å². The van der Waals surface area contributed by atoms with E-state index in [0.717, 1.165) is 25.5 Å². The number of aliphatic hydroxyl groups excluding tert-OH is 1. The number of benzene rings is 1. The fourth-order valence-electron chi connectivity index (χ4n) is 4.50. The molecule has 2 atom stereocenters. The topological polar surface area (TPSA) is 137 Å². The molecule has 1 aromatic carbocycles. The summed E-state index contributed by atoms with van der Waals surface area (Å²) >= 11 is 0. The van der Waals surface area contributed by atoms with Crippen LogP contribution in [0, 0.1) is 10.8 Å². The summed E-state index contributed by atoms with van der Waals surface area (Å²) in [6.07, 6.45) is 2.99. The average Bonchev–Trinajstić information content (AvgIpc) is 3.47. The summed E-state index contributed by atoms with van der Waals surface area (Å²) in [6, 6.07) is 3.95. The molecule has 12 heteroatoms. The molecule has 1 saturated carbocycles. The minimum Gasteiger partial charge on any atom is -0.509 e. The number of hydrogen-bond donors (Lipinski definition) is 3. The second-order valence-electron chi connectivity index (χ2n) is 12.3. The van der Waals surface area contributed by atoms with Crippen molar-refractivity contribution in [3.05, 3.63) is 29.5 Å². The first kappa shape index (κ1) is 27.7. The molecule has 3 aliphatic rings. The van der Waals surface area contributed by atoms with Crippen LogP contribution in [0.1, 0.15) is 60.8 Å². The molecule has 0 bridgehead atoms. The van der Waals surface area contributed by atoms with Gasteiger partial charge in [0.05, 0.1) is 29.4 Å². The Hall–Kier alpha value is -2.36. The molecule has 37 heavy (non-hydrogen) atoms. The van der Waals surface area contributed by atoms with Crippen LogP contribution in [0.15, 0.2) is 34.3 Å². The Labute approximate surface area is 219 Å². The largest absolute Gasteiger partial charge is 0.509 e. The molecular formula is C25H37N4O6PS. The van der Waals surface area contributed by atoms with Gasteiger partial charge in [-0.2, -0.15) is 4.76 Å². The van der Waals surface area contributed by atoms with E-state index in [4.69, 9.17) is 4.52 Å². The number of rotatable bonds is 7. The number of nitrogens with one attached hydrogen (secondary N) is 2. The number of fused-ring (bicyclic) bond motifs is 1. The van der Waals surface area contributed by atoms with E-state index in [-0.39, 0.29) is 45.6 Å². The van der Waals surface area contributed by atoms with E-state index in [1.54, 1.807) is 11.0 Å². The molecule has 2 heterocycles. The van der Waals surface area contributed by atoms with Crippen molar-refractivity contribution in [1.82, 2.24) is 4.90 Å². The van der Waals surface area contributed by atoms with E-state index in [1.165, 1.54) is 12.1 Å². The van der Waals surface area contributed by atoms with E-state index >= 15 is 0 Å². The fraction of sp³-hybridized carbons (Fsp3) is 0.600. The quantitative estimate of drug-likeness (QED) is 0.427. The molecule has 1 fully saturated rings. The zero-order valence-electron chi connectivity index (χ0n) is 22.5. The summed E-state index contributed by atoms with van der Waals surface area (Å²) in [5.74, 6) is -0.505. The summed E-state index contributed by atoms with van der Waals surface area (Å²) in [7, 11) is -7.46.